The molecule has 4 aromatic rings. The van der Waals surface area contributed by atoms with Crippen molar-refractivity contribution < 1.29 is 66.9 Å². The third-order valence-corrected chi connectivity index (χ3v) is 13.9. The van der Waals surface area contributed by atoms with Gasteiger partial charge < -0.3 is 91.4 Å². The number of nitrogens with zero attached hydrogens (tertiary/aromatic N) is 2. The summed E-state index contributed by atoms with van der Waals surface area (Å²) in [6.45, 7) is 0.528. The van der Waals surface area contributed by atoms with Gasteiger partial charge in [-0.3, -0.25) is 48.3 Å². The lowest BCUT2D eigenvalue weighted by molar-refractivity contribution is -0.121. The van der Waals surface area contributed by atoms with Crippen molar-refractivity contribution in [2.45, 2.75) is 101 Å². The average Bonchev–Trinajstić information content (AvgIpc) is 2.33. The Morgan fingerprint density at radius 3 is 1.00 bits per heavy atom. The van der Waals surface area contributed by atoms with Gasteiger partial charge in [0.2, 0.25) is 0 Å². The minimum Gasteiger partial charge on any atom is -0.496 e. The zero-order valence-electron chi connectivity index (χ0n) is 50.3. The molecule has 0 aliphatic rings. The number of rotatable bonds is 39. The number of ether oxygens (including phenoxy) is 4. The van der Waals surface area contributed by atoms with Crippen LogP contribution in [0.3, 0.4) is 0 Å². The van der Waals surface area contributed by atoms with Crippen molar-refractivity contribution in [3.63, 3.8) is 0 Å². The number of ketones is 4. The second kappa shape index (κ2) is 36.0. The highest BCUT2D eigenvalue weighted by molar-refractivity contribution is 6.04. The van der Waals surface area contributed by atoms with Crippen LogP contribution in [0.2, 0.25) is 0 Å². The SMILES string of the molecule is COc1ccc(CC(=O)[C@@H](CCCNC(N)=O)NC(=O)c2cc(CC(=O)[C@@H](CCCN=C(N)N)NC(=O)c3cc(CC(=O)[C@@H](CCCN=C(N)N)NC(=O)c4cc(CC(=O)[C@H](N)CCCNC(N)=O)ccc4OC)ccc3OC)ccc2OC)cc1C(N)=O. The summed E-state index contributed by atoms with van der Waals surface area (Å²) in [4.78, 5) is 141. The van der Waals surface area contributed by atoms with Gasteiger partial charge in [0.25, 0.3) is 23.6 Å². The van der Waals surface area contributed by atoms with Crippen molar-refractivity contribution in [1.29, 1.82) is 0 Å². The molecule has 89 heavy (non-hydrogen) atoms. The molecular formula is C60H81N15O14. The predicted molar refractivity (Wildman–Crippen MR) is 331 cm³/mol. The van der Waals surface area contributed by atoms with Crippen molar-refractivity contribution in [3.8, 4) is 23.0 Å². The molecule has 0 heterocycles. The zero-order chi connectivity index (χ0) is 65.7. The van der Waals surface area contributed by atoms with Crippen molar-refractivity contribution in [3.05, 3.63) is 117 Å². The molecule has 0 aliphatic carbocycles. The van der Waals surface area contributed by atoms with Gasteiger partial charge in [-0.05, 0) is 122 Å². The lowest BCUT2D eigenvalue weighted by atomic mass is 9.96. The van der Waals surface area contributed by atoms with Crippen LogP contribution in [-0.2, 0) is 44.9 Å². The maximum absolute atomic E-state index is 14.4. The molecule has 29 heteroatoms. The molecule has 480 valence electrons. The molecule has 4 atom stereocenters. The number of primary amides is 3. The van der Waals surface area contributed by atoms with Gasteiger partial charge in [-0.1, -0.05) is 24.3 Å². The van der Waals surface area contributed by atoms with Gasteiger partial charge in [-0.25, -0.2) is 9.59 Å². The number of carbonyl (C=O) groups is 10. The first-order chi connectivity index (χ1) is 42.4. The summed E-state index contributed by atoms with van der Waals surface area (Å²) in [6, 6.07) is 12.1. The summed E-state index contributed by atoms with van der Waals surface area (Å²) in [7, 11) is 5.37. The maximum Gasteiger partial charge on any atom is 0.312 e. The standard InChI is InChI=1S/C60H81N15O14/c1-86-49-17-13-33(25-37(49)53(62)80)30-46(77)44(12-8-24-72-60(68)85)75-56(83)40-28-36(16-20-52(40)89-4)32-48(79)43(11-7-22-70-58(65)66)74-55(82)39-27-35(15-19-51(39)88-3)31-47(78)42(10-6-21-69-57(63)64)73-54(81)38-26-34(14-18-50(38)87-2)29-45(76)41(61)9-5-23-71-59(67)84/h13-20,25-28,41-44H,5-12,21-24,29-32,61H2,1-4H3,(H2,62,80)(H,73,81)(H,74,82)(H,75,83)(H4,63,64,69)(H4,65,66,70)(H3,67,71,84)(H3,68,72,85)/t41-,42-,43-,44-/m1/s1. The van der Waals surface area contributed by atoms with Crippen molar-refractivity contribution >= 4 is 70.7 Å². The van der Waals surface area contributed by atoms with Crippen LogP contribution in [0.5, 0.6) is 23.0 Å². The van der Waals surface area contributed by atoms with Gasteiger partial charge in [-0.2, -0.15) is 0 Å². The largest absolute Gasteiger partial charge is 0.496 e. The Morgan fingerprint density at radius 1 is 0.404 bits per heavy atom. The molecule has 0 spiro atoms. The van der Waals surface area contributed by atoms with Gasteiger partial charge in [0.05, 0.1) is 74.9 Å². The summed E-state index contributed by atoms with van der Waals surface area (Å²) in [5, 5.41) is 13.2. The normalized spacial score (nSPS) is 12.1. The smallest absolute Gasteiger partial charge is 0.312 e. The Kier molecular flexibility index (Phi) is 28.8. The third-order valence-electron chi connectivity index (χ3n) is 13.9. The minimum atomic E-state index is -1.19. The molecule has 0 bridgehead atoms. The van der Waals surface area contributed by atoms with Gasteiger partial charge in [-0.15, -0.1) is 0 Å². The predicted octanol–water partition coefficient (Wildman–Crippen LogP) is -0.00640. The Balaban J connectivity index is 1.60. The summed E-state index contributed by atoms with van der Waals surface area (Å²) < 4.78 is 21.8. The van der Waals surface area contributed by atoms with E-state index in [1.54, 1.807) is 24.3 Å². The lowest BCUT2D eigenvalue weighted by Crippen LogP contribution is -2.43. The number of nitrogens with one attached hydrogen (secondary N) is 5. The van der Waals surface area contributed by atoms with Crippen LogP contribution < -0.4 is 91.4 Å². The van der Waals surface area contributed by atoms with E-state index in [2.05, 4.69) is 36.6 Å². The van der Waals surface area contributed by atoms with E-state index in [0.29, 0.717) is 28.7 Å². The quantitative estimate of drug-likeness (QED) is 0.0159. The summed E-state index contributed by atoms with van der Waals surface area (Å²) in [5.74, 6) is -4.59. The maximum atomic E-state index is 14.4. The molecule has 0 unspecified atom stereocenters. The van der Waals surface area contributed by atoms with Gasteiger partial charge in [0.15, 0.2) is 35.1 Å². The molecule has 8 amide bonds. The number of guanidine groups is 2. The molecule has 29 nitrogen and oxygen atoms in total. The van der Waals surface area contributed by atoms with Crippen LogP contribution in [0, 0.1) is 0 Å². The monoisotopic (exact) mass is 1240 g/mol. The molecule has 0 fully saturated rings. The number of hydrogen-bond donors (Lipinski definition) is 13. The van der Waals surface area contributed by atoms with Crippen LogP contribution >= 0.6 is 0 Å². The molecule has 4 aromatic carbocycles. The molecule has 0 aliphatic heterocycles. The Bertz CT molecular complexity index is 3260. The molecule has 21 N–H and O–H groups in total. The number of aliphatic imine (C=N–C) groups is 2. The first kappa shape index (κ1) is 71.2. The highest BCUT2D eigenvalue weighted by Crippen LogP contribution is 2.26. The van der Waals surface area contributed by atoms with E-state index in [1.807, 2.05) is 0 Å². The van der Waals surface area contributed by atoms with E-state index in [4.69, 9.17) is 64.8 Å². The molecule has 0 aromatic heterocycles. The van der Waals surface area contributed by atoms with E-state index in [0.717, 1.165) is 0 Å². The van der Waals surface area contributed by atoms with E-state index in [9.17, 15) is 47.9 Å². The summed E-state index contributed by atoms with van der Waals surface area (Å²) in [5.41, 5.74) is 45.8. The van der Waals surface area contributed by atoms with E-state index in [-0.39, 0.29) is 160 Å². The number of urea groups is 2. The van der Waals surface area contributed by atoms with Crippen LogP contribution in [0.1, 0.15) is 115 Å². The molecule has 0 saturated heterocycles. The Hall–Kier alpha value is -10.3. The number of nitrogens with two attached hydrogens (primary N) is 8. The van der Waals surface area contributed by atoms with Crippen LogP contribution in [0.25, 0.3) is 0 Å². The van der Waals surface area contributed by atoms with Crippen molar-refractivity contribution in [1.82, 2.24) is 26.6 Å². The Morgan fingerprint density at radius 2 is 0.697 bits per heavy atom. The Labute approximate surface area is 514 Å². The van der Waals surface area contributed by atoms with E-state index >= 15 is 0 Å². The molecule has 0 saturated carbocycles. The summed E-state index contributed by atoms with van der Waals surface area (Å²) in [6.07, 6.45) is 0.495. The van der Waals surface area contributed by atoms with Crippen LogP contribution in [0.15, 0.2) is 82.8 Å². The number of methoxy groups -OCH3 is 4. The second-order valence-corrected chi connectivity index (χ2v) is 20.5. The summed E-state index contributed by atoms with van der Waals surface area (Å²) >= 11 is 0. The fourth-order valence-electron chi connectivity index (χ4n) is 9.36. The van der Waals surface area contributed by atoms with Crippen LogP contribution in [-0.4, -0.2) is 150 Å². The number of benzene rings is 4. The third kappa shape index (κ3) is 23.5. The van der Waals surface area contributed by atoms with Crippen LogP contribution in [0.4, 0.5) is 9.59 Å². The van der Waals surface area contributed by atoms with Crippen molar-refractivity contribution in [2.75, 3.05) is 54.6 Å². The van der Waals surface area contributed by atoms with E-state index in [1.165, 1.54) is 77.0 Å². The van der Waals surface area contributed by atoms with Crippen molar-refractivity contribution in [2.24, 2.45) is 55.9 Å². The van der Waals surface area contributed by atoms with Gasteiger partial charge in [0.1, 0.15) is 23.0 Å². The fraction of sp³-hybridized carbons (Fsp3) is 0.400. The molecular weight excluding hydrogens is 1150 g/mol. The van der Waals surface area contributed by atoms with E-state index < -0.39 is 77.2 Å². The number of carbonyl (C=O) groups excluding carboxylic acids is 10. The second-order valence-electron chi connectivity index (χ2n) is 20.5. The van der Waals surface area contributed by atoms with Gasteiger partial charge in [0, 0.05) is 51.9 Å². The highest BCUT2D eigenvalue weighted by atomic mass is 16.5. The lowest BCUT2D eigenvalue weighted by Gasteiger charge is -2.21. The number of hydrogen-bond acceptors (Lipinski definition) is 17. The van der Waals surface area contributed by atoms with Gasteiger partial charge >= 0.3 is 12.1 Å². The topological polar surface area (TPSA) is 501 Å². The first-order valence-electron chi connectivity index (χ1n) is 28.3. The number of amides is 8. The zero-order valence-corrected chi connectivity index (χ0v) is 50.3. The average molecular weight is 1240 g/mol. The molecule has 4 rings (SSSR count). The minimum absolute atomic E-state index is 0.0231. The molecule has 0 radical (unpaired) electrons. The fourth-order valence-corrected chi connectivity index (χ4v) is 9.36. The highest BCUT2D eigenvalue weighted by Gasteiger charge is 2.29. The number of Topliss-reactive ketones (excluding diaryl/α,β-unsaturated/α-hetero) is 4. The first-order valence-corrected chi connectivity index (χ1v) is 28.3.